The first kappa shape index (κ1) is 6.09. The number of unbranched alkanes of at least 4 members (excludes halogenated alkanes) is 1. The first-order valence-corrected chi connectivity index (χ1v) is 3.60. The van der Waals surface area contributed by atoms with Gasteiger partial charge in [-0.15, -0.1) is 0 Å². The van der Waals surface area contributed by atoms with Gasteiger partial charge >= 0.3 is 0 Å². The fraction of sp³-hybridized carbons (Fsp3) is 1.00. The molecule has 1 heteroatoms. The molecule has 0 bridgehead atoms. The second-order valence-corrected chi connectivity index (χ2v) is 2.80. The van der Waals surface area contributed by atoms with Crippen LogP contribution in [0.4, 0.5) is 0 Å². The predicted octanol–water partition coefficient (Wildman–Crippen LogP) is 1.52. The Morgan fingerprint density at radius 3 is 2.62 bits per heavy atom. The van der Waals surface area contributed by atoms with Gasteiger partial charge < -0.3 is 5.73 Å². The molecule has 1 rings (SSSR count). The van der Waals surface area contributed by atoms with Crippen molar-refractivity contribution in [3.63, 3.8) is 0 Å². The lowest BCUT2D eigenvalue weighted by Crippen LogP contribution is -2.01. The van der Waals surface area contributed by atoms with Gasteiger partial charge in [-0.2, -0.15) is 0 Å². The van der Waals surface area contributed by atoms with Crippen LogP contribution in [0.3, 0.4) is 0 Å². The molecule has 2 unspecified atom stereocenters. The Bertz CT molecular complexity index is 70.8. The molecule has 0 aliphatic heterocycles. The Morgan fingerprint density at radius 1 is 1.62 bits per heavy atom. The monoisotopic (exact) mass is 113 g/mol. The highest BCUT2D eigenvalue weighted by atomic mass is 14.7. The molecule has 0 aromatic carbocycles. The normalized spacial score (nSPS) is 35.2. The summed E-state index contributed by atoms with van der Waals surface area (Å²) in [6.45, 7) is 2.23. The third-order valence-electron chi connectivity index (χ3n) is 1.91. The SMILES string of the molecule is CCCCC1CC1N. The minimum atomic E-state index is 0.571. The average Bonchev–Trinajstić information content (AvgIpc) is 2.42. The number of rotatable bonds is 3. The van der Waals surface area contributed by atoms with Crippen molar-refractivity contribution >= 4 is 0 Å². The van der Waals surface area contributed by atoms with Crippen LogP contribution in [0.15, 0.2) is 0 Å². The minimum Gasteiger partial charge on any atom is -0.327 e. The van der Waals surface area contributed by atoms with Gasteiger partial charge in [0.05, 0.1) is 0 Å². The molecular weight excluding hydrogens is 98.1 g/mol. The van der Waals surface area contributed by atoms with Gasteiger partial charge in [0, 0.05) is 6.04 Å². The molecule has 0 aromatic heterocycles. The number of nitrogens with two attached hydrogens (primary N) is 1. The van der Waals surface area contributed by atoms with E-state index in [1.54, 1.807) is 0 Å². The number of hydrogen-bond acceptors (Lipinski definition) is 1. The van der Waals surface area contributed by atoms with Gasteiger partial charge in [0.25, 0.3) is 0 Å². The number of hydrogen-bond donors (Lipinski definition) is 1. The molecule has 0 amide bonds. The van der Waals surface area contributed by atoms with Crippen molar-refractivity contribution in [1.82, 2.24) is 0 Å². The summed E-state index contributed by atoms with van der Waals surface area (Å²) < 4.78 is 0. The topological polar surface area (TPSA) is 26.0 Å². The fourth-order valence-corrected chi connectivity index (χ4v) is 1.07. The second-order valence-electron chi connectivity index (χ2n) is 2.80. The van der Waals surface area contributed by atoms with Crippen molar-refractivity contribution in [2.75, 3.05) is 0 Å². The highest BCUT2D eigenvalue weighted by molar-refractivity contribution is 4.89. The maximum absolute atomic E-state index is 5.61. The van der Waals surface area contributed by atoms with Crippen molar-refractivity contribution in [2.45, 2.75) is 38.6 Å². The van der Waals surface area contributed by atoms with Crippen molar-refractivity contribution < 1.29 is 0 Å². The van der Waals surface area contributed by atoms with E-state index in [2.05, 4.69) is 6.92 Å². The summed E-state index contributed by atoms with van der Waals surface area (Å²) in [6, 6.07) is 0.571. The molecule has 0 spiro atoms. The summed E-state index contributed by atoms with van der Waals surface area (Å²) in [5.74, 6) is 0.898. The third kappa shape index (κ3) is 1.48. The molecule has 1 saturated carbocycles. The van der Waals surface area contributed by atoms with E-state index in [-0.39, 0.29) is 0 Å². The van der Waals surface area contributed by atoms with Crippen molar-refractivity contribution in [1.29, 1.82) is 0 Å². The summed E-state index contributed by atoms with van der Waals surface area (Å²) >= 11 is 0. The second kappa shape index (κ2) is 2.49. The minimum absolute atomic E-state index is 0.571. The largest absolute Gasteiger partial charge is 0.327 e. The van der Waals surface area contributed by atoms with Crippen molar-refractivity contribution in [3.05, 3.63) is 0 Å². The zero-order chi connectivity index (χ0) is 5.98. The zero-order valence-electron chi connectivity index (χ0n) is 5.56. The molecule has 8 heavy (non-hydrogen) atoms. The van der Waals surface area contributed by atoms with E-state index in [9.17, 15) is 0 Å². The fourth-order valence-electron chi connectivity index (χ4n) is 1.07. The quantitative estimate of drug-likeness (QED) is 0.590. The lowest BCUT2D eigenvalue weighted by atomic mass is 10.2. The first-order chi connectivity index (χ1) is 3.84. The highest BCUT2D eigenvalue weighted by Gasteiger charge is 2.31. The molecule has 1 aliphatic rings. The molecule has 1 fully saturated rings. The van der Waals surface area contributed by atoms with Crippen LogP contribution in [-0.2, 0) is 0 Å². The molecule has 0 saturated heterocycles. The van der Waals surface area contributed by atoms with Crippen LogP contribution in [0.25, 0.3) is 0 Å². The van der Waals surface area contributed by atoms with Crippen LogP contribution in [-0.4, -0.2) is 6.04 Å². The van der Waals surface area contributed by atoms with E-state index >= 15 is 0 Å². The van der Waals surface area contributed by atoms with Gasteiger partial charge in [0.15, 0.2) is 0 Å². The smallest absolute Gasteiger partial charge is 0.00709 e. The Morgan fingerprint density at radius 2 is 2.25 bits per heavy atom. The highest BCUT2D eigenvalue weighted by Crippen LogP contribution is 2.32. The molecule has 2 N–H and O–H groups in total. The molecule has 48 valence electrons. The maximum atomic E-state index is 5.61. The lowest BCUT2D eigenvalue weighted by Gasteiger charge is -1.91. The Labute approximate surface area is 51.3 Å². The van der Waals surface area contributed by atoms with Crippen LogP contribution >= 0.6 is 0 Å². The van der Waals surface area contributed by atoms with Crippen LogP contribution in [0.2, 0.25) is 0 Å². The molecule has 0 aromatic rings. The molecule has 0 heterocycles. The molecule has 1 nitrogen and oxygen atoms in total. The molecule has 1 aliphatic carbocycles. The van der Waals surface area contributed by atoms with E-state index in [4.69, 9.17) is 5.73 Å². The standard InChI is InChI=1S/C7H15N/c1-2-3-4-6-5-7(6)8/h6-7H,2-5,8H2,1H3. The van der Waals surface area contributed by atoms with Crippen LogP contribution in [0.1, 0.15) is 32.6 Å². The summed E-state index contributed by atoms with van der Waals surface area (Å²) in [6.07, 6.45) is 5.36. The van der Waals surface area contributed by atoms with Gasteiger partial charge in [-0.05, 0) is 18.8 Å². The lowest BCUT2D eigenvalue weighted by molar-refractivity contribution is 0.638. The van der Waals surface area contributed by atoms with Crippen molar-refractivity contribution in [2.24, 2.45) is 11.7 Å². The summed E-state index contributed by atoms with van der Waals surface area (Å²) in [5.41, 5.74) is 5.61. The molecule has 2 atom stereocenters. The Balaban J connectivity index is 1.89. The van der Waals surface area contributed by atoms with Gasteiger partial charge in [-0.25, -0.2) is 0 Å². The third-order valence-corrected chi connectivity index (χ3v) is 1.91. The molecule has 0 radical (unpaired) electrons. The average molecular weight is 113 g/mol. The van der Waals surface area contributed by atoms with E-state index in [0.29, 0.717) is 6.04 Å². The van der Waals surface area contributed by atoms with Crippen LogP contribution in [0.5, 0.6) is 0 Å². The summed E-state index contributed by atoms with van der Waals surface area (Å²) in [5, 5.41) is 0. The van der Waals surface area contributed by atoms with Crippen LogP contribution < -0.4 is 5.73 Å². The van der Waals surface area contributed by atoms with Crippen molar-refractivity contribution in [3.8, 4) is 0 Å². The van der Waals surface area contributed by atoms with E-state index in [0.717, 1.165) is 5.92 Å². The van der Waals surface area contributed by atoms with E-state index in [1.165, 1.54) is 25.7 Å². The molecular formula is C7H15N. The first-order valence-electron chi connectivity index (χ1n) is 3.60. The zero-order valence-corrected chi connectivity index (χ0v) is 5.56. The van der Waals surface area contributed by atoms with Crippen LogP contribution in [0, 0.1) is 5.92 Å². The Hall–Kier alpha value is -0.0400. The van der Waals surface area contributed by atoms with Gasteiger partial charge in [0.2, 0.25) is 0 Å². The predicted molar refractivity (Wildman–Crippen MR) is 35.6 cm³/mol. The van der Waals surface area contributed by atoms with Gasteiger partial charge in [-0.1, -0.05) is 19.8 Å². The maximum Gasteiger partial charge on any atom is 0.00709 e. The van der Waals surface area contributed by atoms with E-state index < -0.39 is 0 Å². The van der Waals surface area contributed by atoms with E-state index in [1.807, 2.05) is 0 Å². The Kier molecular flexibility index (Phi) is 1.90. The van der Waals surface area contributed by atoms with Gasteiger partial charge in [-0.3, -0.25) is 0 Å². The summed E-state index contributed by atoms with van der Waals surface area (Å²) in [4.78, 5) is 0. The summed E-state index contributed by atoms with van der Waals surface area (Å²) in [7, 11) is 0. The van der Waals surface area contributed by atoms with Gasteiger partial charge in [0.1, 0.15) is 0 Å².